The van der Waals surface area contributed by atoms with Crippen molar-refractivity contribution in [2.45, 2.75) is 26.4 Å². The Morgan fingerprint density at radius 1 is 1.33 bits per heavy atom. The molecule has 0 bridgehead atoms. The molecular formula is C15H22N4O2. The molecule has 3 heterocycles. The molecule has 0 spiro atoms. The van der Waals surface area contributed by atoms with Gasteiger partial charge in [0, 0.05) is 19.9 Å². The smallest absolute Gasteiger partial charge is 0.139 e. The lowest BCUT2D eigenvalue weighted by atomic mass is 10.0. The molecule has 0 aromatic carbocycles. The molecule has 0 radical (unpaired) electrons. The van der Waals surface area contributed by atoms with Crippen molar-refractivity contribution < 1.29 is 9.57 Å². The van der Waals surface area contributed by atoms with Gasteiger partial charge < -0.3 is 14.5 Å². The van der Waals surface area contributed by atoms with E-state index in [1.807, 2.05) is 12.4 Å². The van der Waals surface area contributed by atoms with Crippen molar-refractivity contribution >= 4 is 6.21 Å². The molecule has 0 saturated carbocycles. The zero-order valence-corrected chi connectivity index (χ0v) is 13.0. The Morgan fingerprint density at radius 2 is 2.14 bits per heavy atom. The number of ether oxygens (including phenoxy) is 1. The SMILES string of the molecule is CCCN1C=C(C)C(OC)C2=C1N1CN(OC)C=C1C=N2. The highest BCUT2D eigenvalue weighted by Gasteiger charge is 2.37. The fraction of sp³-hybridized carbons (Fsp3) is 0.533. The predicted octanol–water partition coefficient (Wildman–Crippen LogP) is 1.86. The molecule has 3 aliphatic heterocycles. The number of fused-ring (bicyclic) bond motifs is 2. The molecule has 1 atom stereocenters. The normalized spacial score (nSPS) is 24.2. The molecule has 0 aromatic rings. The second kappa shape index (κ2) is 5.54. The Morgan fingerprint density at radius 3 is 2.81 bits per heavy atom. The molecular weight excluding hydrogens is 268 g/mol. The van der Waals surface area contributed by atoms with Crippen LogP contribution in [0.15, 0.2) is 40.2 Å². The van der Waals surface area contributed by atoms with E-state index in [9.17, 15) is 0 Å². The van der Waals surface area contributed by atoms with E-state index in [1.54, 1.807) is 19.3 Å². The zero-order valence-electron chi connectivity index (χ0n) is 13.0. The lowest BCUT2D eigenvalue weighted by Crippen LogP contribution is -2.41. The van der Waals surface area contributed by atoms with Gasteiger partial charge in [0.05, 0.1) is 25.2 Å². The monoisotopic (exact) mass is 290 g/mol. The van der Waals surface area contributed by atoms with E-state index in [0.717, 1.165) is 30.2 Å². The van der Waals surface area contributed by atoms with Crippen LogP contribution in [0.1, 0.15) is 20.3 Å². The average Bonchev–Trinajstić information content (AvgIpc) is 2.90. The Labute approximate surface area is 125 Å². The standard InChI is InChI=1S/C15H22N4O2/c1-5-6-17-8-11(2)14(20-3)13-15(17)19-10-18(21-4)9-12(19)7-16-13/h7-9,14H,5-6,10H2,1-4H3. The van der Waals surface area contributed by atoms with Crippen LogP contribution in [0.3, 0.4) is 0 Å². The summed E-state index contributed by atoms with van der Waals surface area (Å²) in [5.74, 6) is 1.10. The van der Waals surface area contributed by atoms with Crippen LogP contribution < -0.4 is 0 Å². The van der Waals surface area contributed by atoms with E-state index in [2.05, 4.69) is 34.8 Å². The number of hydrogen-bond acceptors (Lipinski definition) is 6. The predicted molar refractivity (Wildman–Crippen MR) is 80.7 cm³/mol. The largest absolute Gasteiger partial charge is 0.371 e. The van der Waals surface area contributed by atoms with Crippen LogP contribution in [0, 0.1) is 0 Å². The maximum atomic E-state index is 5.64. The lowest BCUT2D eigenvalue weighted by molar-refractivity contribution is -0.0969. The third kappa shape index (κ3) is 2.24. The van der Waals surface area contributed by atoms with Gasteiger partial charge in [-0.1, -0.05) is 6.92 Å². The highest BCUT2D eigenvalue weighted by Crippen LogP contribution is 2.36. The Balaban J connectivity index is 2.01. The Hall–Kier alpha value is -1.79. The molecule has 0 fully saturated rings. The summed E-state index contributed by atoms with van der Waals surface area (Å²) < 4.78 is 5.64. The highest BCUT2D eigenvalue weighted by atomic mass is 16.7. The molecule has 0 aliphatic carbocycles. The molecule has 114 valence electrons. The van der Waals surface area contributed by atoms with E-state index >= 15 is 0 Å². The second-order valence-electron chi connectivity index (χ2n) is 5.37. The van der Waals surface area contributed by atoms with Gasteiger partial charge in [0.15, 0.2) is 0 Å². The molecule has 0 N–H and O–H groups in total. The minimum atomic E-state index is -0.0810. The number of rotatable bonds is 4. The fourth-order valence-corrected chi connectivity index (χ4v) is 3.00. The zero-order chi connectivity index (χ0) is 15.0. The quantitative estimate of drug-likeness (QED) is 0.790. The molecule has 0 amide bonds. The van der Waals surface area contributed by atoms with Gasteiger partial charge in [-0.25, -0.2) is 5.06 Å². The van der Waals surface area contributed by atoms with Crippen molar-refractivity contribution in [3.8, 4) is 0 Å². The van der Waals surface area contributed by atoms with Gasteiger partial charge in [-0.05, 0) is 18.9 Å². The molecule has 0 aromatic heterocycles. The van der Waals surface area contributed by atoms with Crippen molar-refractivity contribution in [2.24, 2.45) is 4.99 Å². The van der Waals surface area contributed by atoms with Crippen LogP contribution in [-0.4, -0.2) is 54.6 Å². The van der Waals surface area contributed by atoms with Crippen molar-refractivity contribution in [1.82, 2.24) is 14.9 Å². The first kappa shape index (κ1) is 14.2. The molecule has 3 rings (SSSR count). The van der Waals surface area contributed by atoms with Gasteiger partial charge in [-0.15, -0.1) is 0 Å². The van der Waals surface area contributed by atoms with Crippen molar-refractivity contribution in [1.29, 1.82) is 0 Å². The maximum absolute atomic E-state index is 5.64. The van der Waals surface area contributed by atoms with Crippen LogP contribution >= 0.6 is 0 Å². The summed E-state index contributed by atoms with van der Waals surface area (Å²) in [7, 11) is 3.41. The van der Waals surface area contributed by atoms with E-state index in [-0.39, 0.29) is 6.10 Å². The maximum Gasteiger partial charge on any atom is 0.139 e. The Kier molecular flexibility index (Phi) is 3.73. The summed E-state index contributed by atoms with van der Waals surface area (Å²) in [4.78, 5) is 14.5. The lowest BCUT2D eigenvalue weighted by Gasteiger charge is -2.40. The fourth-order valence-electron chi connectivity index (χ4n) is 3.00. The molecule has 3 aliphatic rings. The van der Waals surface area contributed by atoms with E-state index in [4.69, 9.17) is 9.57 Å². The number of hydrogen-bond donors (Lipinski definition) is 0. The molecule has 6 nitrogen and oxygen atoms in total. The van der Waals surface area contributed by atoms with Gasteiger partial charge in [0.25, 0.3) is 0 Å². The van der Waals surface area contributed by atoms with Gasteiger partial charge in [-0.3, -0.25) is 9.83 Å². The number of aliphatic imine (C=N–C) groups is 1. The number of hydroxylamine groups is 2. The average molecular weight is 290 g/mol. The van der Waals surface area contributed by atoms with Crippen molar-refractivity contribution in [2.75, 3.05) is 27.4 Å². The van der Waals surface area contributed by atoms with Gasteiger partial charge in [0.1, 0.15) is 24.3 Å². The molecule has 21 heavy (non-hydrogen) atoms. The summed E-state index contributed by atoms with van der Waals surface area (Å²) in [5.41, 5.74) is 3.19. The summed E-state index contributed by atoms with van der Waals surface area (Å²) in [6.07, 6.45) is 7.01. The van der Waals surface area contributed by atoms with Crippen LogP contribution in [0.25, 0.3) is 0 Å². The van der Waals surface area contributed by atoms with E-state index < -0.39 is 0 Å². The van der Waals surface area contributed by atoms with Crippen LogP contribution in [0.2, 0.25) is 0 Å². The van der Waals surface area contributed by atoms with E-state index in [1.165, 1.54) is 5.57 Å². The van der Waals surface area contributed by atoms with Gasteiger partial charge >= 0.3 is 0 Å². The molecule has 1 unspecified atom stereocenters. The highest BCUT2D eigenvalue weighted by molar-refractivity contribution is 5.81. The number of methoxy groups -OCH3 is 1. The van der Waals surface area contributed by atoms with Crippen LogP contribution in [-0.2, 0) is 9.57 Å². The van der Waals surface area contributed by atoms with Crippen molar-refractivity contribution in [3.63, 3.8) is 0 Å². The third-order valence-corrected chi connectivity index (χ3v) is 3.92. The van der Waals surface area contributed by atoms with Crippen molar-refractivity contribution in [3.05, 3.63) is 35.2 Å². The third-order valence-electron chi connectivity index (χ3n) is 3.92. The number of nitrogens with zero attached hydrogens (tertiary/aromatic N) is 4. The van der Waals surface area contributed by atoms with Crippen LogP contribution in [0.5, 0.6) is 0 Å². The first-order chi connectivity index (χ1) is 10.2. The number of allylic oxidation sites excluding steroid dienone is 1. The molecule has 6 heteroatoms. The first-order valence-electron chi connectivity index (χ1n) is 7.25. The summed E-state index contributed by atoms with van der Waals surface area (Å²) in [6, 6.07) is 0. The summed E-state index contributed by atoms with van der Waals surface area (Å²) in [5, 5.41) is 1.80. The molecule has 0 saturated heterocycles. The van der Waals surface area contributed by atoms with Gasteiger partial charge in [0.2, 0.25) is 0 Å². The minimum Gasteiger partial charge on any atom is -0.371 e. The van der Waals surface area contributed by atoms with Crippen LogP contribution in [0.4, 0.5) is 0 Å². The topological polar surface area (TPSA) is 40.5 Å². The van der Waals surface area contributed by atoms with E-state index in [0.29, 0.717) is 6.67 Å². The Bertz CT molecular complexity index is 550. The summed E-state index contributed by atoms with van der Waals surface area (Å²) >= 11 is 0. The summed E-state index contributed by atoms with van der Waals surface area (Å²) in [6.45, 7) is 5.89. The van der Waals surface area contributed by atoms with Gasteiger partial charge in [-0.2, -0.15) is 0 Å². The second-order valence-corrected chi connectivity index (χ2v) is 5.37. The minimum absolute atomic E-state index is 0.0810. The first-order valence-corrected chi connectivity index (χ1v) is 7.25.